The minimum Gasteiger partial charge on any atom is -0.369 e. The van der Waals surface area contributed by atoms with Crippen LogP contribution in [0.15, 0.2) is 36.0 Å². The van der Waals surface area contributed by atoms with Crippen molar-refractivity contribution in [1.82, 2.24) is 5.01 Å². The van der Waals surface area contributed by atoms with Gasteiger partial charge in [-0.15, -0.1) is 0 Å². The number of rotatable bonds is 4. The van der Waals surface area contributed by atoms with Crippen LogP contribution in [0.3, 0.4) is 0 Å². The second-order valence-electron chi connectivity index (χ2n) is 5.92. The molecule has 1 heterocycles. The monoisotopic (exact) mass is 327 g/mol. The Bertz CT molecular complexity index is 625. The predicted molar refractivity (Wildman–Crippen MR) is 82.5 cm³/mol. The summed E-state index contributed by atoms with van der Waals surface area (Å²) >= 11 is 0. The molecular weight excluding hydrogens is 307 g/mol. The van der Waals surface area contributed by atoms with Crippen molar-refractivity contribution in [3.8, 4) is 0 Å². The van der Waals surface area contributed by atoms with Crippen LogP contribution in [0.2, 0.25) is 0 Å². The molecule has 0 bridgehead atoms. The Balaban J connectivity index is 2.51. The average molecular weight is 327 g/mol. The van der Waals surface area contributed by atoms with E-state index >= 15 is 0 Å². The van der Waals surface area contributed by atoms with Crippen molar-refractivity contribution in [2.24, 2.45) is 5.73 Å². The number of nitrogens with zero attached hydrogens (tertiary/aromatic N) is 2. The Kier molecular flexibility index (Phi) is 4.58. The third kappa shape index (κ3) is 3.43. The highest BCUT2D eigenvalue weighted by Crippen LogP contribution is 2.41. The molecule has 23 heavy (non-hydrogen) atoms. The molecule has 1 atom stereocenters. The van der Waals surface area contributed by atoms with Crippen molar-refractivity contribution in [2.75, 3.05) is 12.1 Å². The van der Waals surface area contributed by atoms with Crippen LogP contribution in [0.1, 0.15) is 31.7 Å². The Morgan fingerprint density at radius 1 is 1.30 bits per heavy atom. The fourth-order valence-electron chi connectivity index (χ4n) is 2.90. The van der Waals surface area contributed by atoms with Gasteiger partial charge in [-0.25, -0.2) is 0 Å². The highest BCUT2D eigenvalue weighted by Gasteiger charge is 2.51. The Labute approximate surface area is 133 Å². The molecule has 0 saturated heterocycles. The number of carbonyl (C=O) groups excluding carboxylic acids is 1. The molecule has 0 aromatic heterocycles. The third-order valence-electron chi connectivity index (χ3n) is 3.78. The van der Waals surface area contributed by atoms with Crippen LogP contribution in [-0.2, 0) is 4.79 Å². The number of amides is 1. The maximum absolute atomic E-state index is 13.6. The summed E-state index contributed by atoms with van der Waals surface area (Å²) in [6, 6.07) is 5.09. The number of primary amides is 1. The van der Waals surface area contributed by atoms with Crippen molar-refractivity contribution in [1.29, 1.82) is 0 Å². The number of benzene rings is 1. The number of alkyl halides is 3. The van der Waals surface area contributed by atoms with Crippen molar-refractivity contribution in [3.63, 3.8) is 0 Å². The van der Waals surface area contributed by atoms with Crippen LogP contribution in [0.5, 0.6) is 0 Å². The molecule has 0 saturated carbocycles. The van der Waals surface area contributed by atoms with Crippen LogP contribution in [0.25, 0.3) is 0 Å². The van der Waals surface area contributed by atoms with E-state index in [2.05, 4.69) is 0 Å². The van der Waals surface area contributed by atoms with E-state index in [9.17, 15) is 18.0 Å². The SMILES string of the molecule is CC(C)c1ccccc1N1C(C(F)(F)F)C(CC(N)=O)=CN1C. The summed E-state index contributed by atoms with van der Waals surface area (Å²) < 4.78 is 40.9. The van der Waals surface area contributed by atoms with Gasteiger partial charge in [-0.2, -0.15) is 13.2 Å². The normalized spacial score (nSPS) is 18.6. The molecule has 1 aliphatic heterocycles. The van der Waals surface area contributed by atoms with E-state index in [4.69, 9.17) is 5.73 Å². The molecule has 1 aromatic carbocycles. The van der Waals surface area contributed by atoms with Gasteiger partial charge in [0.05, 0.1) is 12.1 Å². The summed E-state index contributed by atoms with van der Waals surface area (Å²) in [6.45, 7) is 3.85. The van der Waals surface area contributed by atoms with E-state index < -0.39 is 24.5 Å². The number of hydrogen-bond acceptors (Lipinski definition) is 3. The molecule has 0 spiro atoms. The number of carbonyl (C=O) groups is 1. The maximum Gasteiger partial charge on any atom is 0.414 e. The van der Waals surface area contributed by atoms with Gasteiger partial charge in [0, 0.05) is 13.2 Å². The largest absolute Gasteiger partial charge is 0.414 e. The van der Waals surface area contributed by atoms with Crippen molar-refractivity contribution < 1.29 is 18.0 Å². The highest BCUT2D eigenvalue weighted by atomic mass is 19.4. The van der Waals surface area contributed by atoms with E-state index in [1.54, 1.807) is 18.2 Å². The lowest BCUT2D eigenvalue weighted by Gasteiger charge is -2.36. The molecule has 4 nitrogen and oxygen atoms in total. The van der Waals surface area contributed by atoms with Gasteiger partial charge in [-0.3, -0.25) is 14.8 Å². The molecule has 2 rings (SSSR count). The molecule has 1 aromatic rings. The zero-order valence-corrected chi connectivity index (χ0v) is 13.3. The zero-order chi connectivity index (χ0) is 17.4. The lowest BCUT2D eigenvalue weighted by Crippen LogP contribution is -2.49. The number of halogens is 3. The maximum atomic E-state index is 13.6. The summed E-state index contributed by atoms with van der Waals surface area (Å²) in [4.78, 5) is 11.1. The zero-order valence-electron chi connectivity index (χ0n) is 13.3. The quantitative estimate of drug-likeness (QED) is 0.924. The second kappa shape index (κ2) is 6.14. The minimum absolute atomic E-state index is 0.0499. The summed E-state index contributed by atoms with van der Waals surface area (Å²) in [5, 5.41) is 2.55. The first kappa shape index (κ1) is 17.2. The van der Waals surface area contributed by atoms with E-state index in [-0.39, 0.29) is 11.5 Å². The molecule has 1 unspecified atom stereocenters. The number of para-hydroxylation sites is 1. The highest BCUT2D eigenvalue weighted by molar-refractivity contribution is 5.77. The van der Waals surface area contributed by atoms with Crippen molar-refractivity contribution >= 4 is 11.6 Å². The number of anilines is 1. The molecule has 7 heteroatoms. The van der Waals surface area contributed by atoms with Crippen LogP contribution < -0.4 is 10.7 Å². The first-order chi connectivity index (χ1) is 10.6. The Morgan fingerprint density at radius 2 is 1.91 bits per heavy atom. The van der Waals surface area contributed by atoms with Crippen LogP contribution in [-0.4, -0.2) is 30.2 Å². The topological polar surface area (TPSA) is 49.6 Å². The van der Waals surface area contributed by atoms with Crippen LogP contribution in [0, 0.1) is 0 Å². The van der Waals surface area contributed by atoms with Gasteiger partial charge >= 0.3 is 6.18 Å². The molecule has 0 aliphatic carbocycles. The van der Waals surface area contributed by atoms with Gasteiger partial charge in [0.15, 0.2) is 6.04 Å². The first-order valence-electron chi connectivity index (χ1n) is 7.29. The van der Waals surface area contributed by atoms with Gasteiger partial charge in [-0.1, -0.05) is 32.0 Å². The lowest BCUT2D eigenvalue weighted by molar-refractivity contribution is -0.143. The molecule has 1 amide bonds. The molecule has 2 N–H and O–H groups in total. The molecule has 1 aliphatic rings. The molecular formula is C16H20F3N3O. The van der Waals surface area contributed by atoms with E-state index in [1.807, 2.05) is 19.9 Å². The summed E-state index contributed by atoms with van der Waals surface area (Å²) in [7, 11) is 1.53. The fraction of sp³-hybridized carbons (Fsp3) is 0.438. The van der Waals surface area contributed by atoms with E-state index in [0.717, 1.165) is 5.56 Å². The van der Waals surface area contributed by atoms with Gasteiger partial charge in [0.1, 0.15) is 0 Å². The van der Waals surface area contributed by atoms with Crippen LogP contribution >= 0.6 is 0 Å². The second-order valence-corrected chi connectivity index (χ2v) is 5.92. The van der Waals surface area contributed by atoms with E-state index in [1.165, 1.54) is 23.3 Å². The van der Waals surface area contributed by atoms with Gasteiger partial charge < -0.3 is 5.73 Å². The molecule has 126 valence electrons. The van der Waals surface area contributed by atoms with Gasteiger partial charge in [-0.05, 0) is 23.1 Å². The standard InChI is InChI=1S/C16H20F3N3O/c1-10(2)12-6-4-5-7-13(12)22-15(16(17,18)19)11(8-14(20)23)9-21(22)3/h4-7,9-10,15H,8H2,1-3H3,(H2,20,23). The van der Waals surface area contributed by atoms with E-state index in [0.29, 0.717) is 5.69 Å². The van der Waals surface area contributed by atoms with Gasteiger partial charge in [0.25, 0.3) is 0 Å². The minimum atomic E-state index is -4.52. The van der Waals surface area contributed by atoms with Gasteiger partial charge in [0.2, 0.25) is 5.91 Å². The third-order valence-corrected chi connectivity index (χ3v) is 3.78. The predicted octanol–water partition coefficient (Wildman–Crippen LogP) is 3.17. The molecule has 0 radical (unpaired) electrons. The first-order valence-corrected chi connectivity index (χ1v) is 7.29. The average Bonchev–Trinajstić information content (AvgIpc) is 2.73. The number of nitrogens with two attached hydrogens (primary N) is 1. The van der Waals surface area contributed by atoms with Crippen molar-refractivity contribution in [2.45, 2.75) is 38.4 Å². The van der Waals surface area contributed by atoms with Crippen LogP contribution in [0.4, 0.5) is 18.9 Å². The summed E-state index contributed by atoms with van der Waals surface area (Å²) in [5.41, 5.74) is 6.33. The molecule has 0 fully saturated rings. The summed E-state index contributed by atoms with van der Waals surface area (Å²) in [5.74, 6) is -0.716. The Morgan fingerprint density at radius 3 is 2.43 bits per heavy atom. The Hall–Kier alpha value is -2.18. The van der Waals surface area contributed by atoms with Crippen molar-refractivity contribution in [3.05, 3.63) is 41.6 Å². The fourth-order valence-corrected chi connectivity index (χ4v) is 2.90. The summed E-state index contributed by atoms with van der Waals surface area (Å²) in [6.07, 6.45) is -3.61. The smallest absolute Gasteiger partial charge is 0.369 e. The lowest BCUT2D eigenvalue weighted by atomic mass is 9.99. The number of hydrogen-bond donors (Lipinski definition) is 1. The number of hydrazine groups is 1.